The molecule has 0 radical (unpaired) electrons. The van der Waals surface area contributed by atoms with E-state index in [0.29, 0.717) is 16.1 Å². The third-order valence-corrected chi connectivity index (χ3v) is 5.89. The number of nitrogens with zero attached hydrogens (tertiary/aromatic N) is 1. The first-order valence-corrected chi connectivity index (χ1v) is 8.91. The molecule has 1 aliphatic carbocycles. The fraction of sp³-hybridized carbons (Fsp3) is 0.316. The van der Waals surface area contributed by atoms with Crippen molar-refractivity contribution < 1.29 is 14.7 Å². The minimum atomic E-state index is -1.32. The second kappa shape index (κ2) is 6.69. The summed E-state index contributed by atoms with van der Waals surface area (Å²) in [4.78, 5) is 25.5. The highest BCUT2D eigenvalue weighted by Crippen LogP contribution is 2.39. The lowest BCUT2D eigenvalue weighted by Gasteiger charge is -2.24. The Morgan fingerprint density at radius 3 is 2.68 bits per heavy atom. The van der Waals surface area contributed by atoms with Crippen LogP contribution in [-0.2, 0) is 27.8 Å². The van der Waals surface area contributed by atoms with E-state index in [1.807, 2.05) is 0 Å². The van der Waals surface area contributed by atoms with E-state index < -0.39 is 17.3 Å². The molecule has 6 heteroatoms. The van der Waals surface area contributed by atoms with Crippen LogP contribution in [0.1, 0.15) is 41.3 Å². The van der Waals surface area contributed by atoms with Crippen LogP contribution in [0.2, 0.25) is 0 Å². The number of hydrogen-bond donors (Lipinski definition) is 2. The Hall–Kier alpha value is -2.65. The number of nitrogens with one attached hydrogen (secondary N) is 1. The molecular weight excluding hydrogens is 336 g/mol. The normalized spacial score (nSPS) is 15.0. The molecule has 2 aromatic rings. The first kappa shape index (κ1) is 17.2. The number of carboxylic acid groups (broad SMARTS) is 1. The molecule has 25 heavy (non-hydrogen) atoms. The molecule has 1 heterocycles. The number of fused-ring (bicyclic) bond motifs is 1. The molecule has 2 N–H and O–H groups in total. The van der Waals surface area contributed by atoms with Crippen molar-refractivity contribution in [2.24, 2.45) is 0 Å². The molecule has 1 aliphatic rings. The van der Waals surface area contributed by atoms with Crippen molar-refractivity contribution >= 4 is 28.2 Å². The molecule has 0 fully saturated rings. The molecule has 0 spiro atoms. The largest absolute Gasteiger partial charge is 0.481 e. The van der Waals surface area contributed by atoms with Gasteiger partial charge in [0.2, 0.25) is 5.91 Å². The summed E-state index contributed by atoms with van der Waals surface area (Å²) in [5.74, 6) is -1.45. The molecular formula is C19H18N2O3S. The number of hydrogen-bond acceptors (Lipinski definition) is 4. The van der Waals surface area contributed by atoms with E-state index in [2.05, 4.69) is 11.4 Å². The lowest BCUT2D eigenvalue weighted by molar-refractivity contribution is -0.145. The van der Waals surface area contributed by atoms with Crippen molar-refractivity contribution in [3.05, 3.63) is 51.9 Å². The summed E-state index contributed by atoms with van der Waals surface area (Å²) in [5.41, 5.74) is 0.819. The molecule has 0 bridgehead atoms. The molecule has 128 valence electrons. The number of thiophene rings is 1. The van der Waals surface area contributed by atoms with Gasteiger partial charge in [-0.15, -0.1) is 11.3 Å². The average Bonchev–Trinajstić information content (AvgIpc) is 3.15. The standard InChI is InChI=1S/C19H18N2O3S/c1-19(18(23)24,12-6-3-2-4-7-12)10-16(22)21-17-14(11-20)13-8-5-9-15(13)25-17/h2-4,6-7H,5,8-10H2,1H3,(H,21,22)(H,23,24). The third kappa shape index (κ3) is 3.15. The van der Waals surface area contributed by atoms with E-state index in [9.17, 15) is 20.0 Å². The van der Waals surface area contributed by atoms with E-state index >= 15 is 0 Å². The lowest BCUT2D eigenvalue weighted by atomic mass is 9.79. The minimum absolute atomic E-state index is 0.195. The number of benzene rings is 1. The Balaban J connectivity index is 1.82. The van der Waals surface area contributed by atoms with Crippen molar-refractivity contribution in [3.63, 3.8) is 0 Å². The number of carboxylic acids is 1. The Bertz CT molecular complexity index is 867. The second-order valence-electron chi connectivity index (χ2n) is 6.40. The van der Waals surface area contributed by atoms with Crippen LogP contribution in [0.5, 0.6) is 0 Å². The van der Waals surface area contributed by atoms with Crippen molar-refractivity contribution in [2.45, 2.75) is 38.0 Å². The molecule has 5 nitrogen and oxygen atoms in total. The fourth-order valence-corrected chi connectivity index (χ4v) is 4.47. The first-order valence-electron chi connectivity index (χ1n) is 8.09. The van der Waals surface area contributed by atoms with Crippen molar-refractivity contribution in [3.8, 4) is 6.07 Å². The number of amides is 1. The maximum Gasteiger partial charge on any atom is 0.314 e. The van der Waals surface area contributed by atoms with E-state index in [-0.39, 0.29) is 6.42 Å². The molecule has 3 rings (SSSR count). The summed E-state index contributed by atoms with van der Waals surface area (Å²) < 4.78 is 0. The van der Waals surface area contributed by atoms with Gasteiger partial charge in [0, 0.05) is 11.3 Å². The summed E-state index contributed by atoms with van der Waals surface area (Å²) >= 11 is 1.43. The summed E-state index contributed by atoms with van der Waals surface area (Å²) in [6, 6.07) is 10.9. The predicted octanol–water partition coefficient (Wildman–Crippen LogP) is 3.48. The van der Waals surface area contributed by atoms with Crippen molar-refractivity contribution in [1.82, 2.24) is 0 Å². The SMILES string of the molecule is CC(CC(=O)Nc1sc2c(c1C#N)CCC2)(C(=O)O)c1ccccc1. The Labute approximate surface area is 149 Å². The Kier molecular flexibility index (Phi) is 4.60. The van der Waals surface area contributed by atoms with Crippen LogP contribution >= 0.6 is 11.3 Å². The molecule has 1 aromatic heterocycles. The van der Waals surface area contributed by atoms with Crippen LogP contribution in [0.3, 0.4) is 0 Å². The number of nitriles is 1. The maximum absolute atomic E-state index is 12.5. The van der Waals surface area contributed by atoms with Gasteiger partial charge < -0.3 is 10.4 Å². The van der Waals surface area contributed by atoms with Gasteiger partial charge in [-0.05, 0) is 37.3 Å². The topological polar surface area (TPSA) is 90.2 Å². The predicted molar refractivity (Wildman–Crippen MR) is 95.7 cm³/mol. The molecule has 0 saturated carbocycles. The Morgan fingerprint density at radius 1 is 1.32 bits per heavy atom. The zero-order valence-corrected chi connectivity index (χ0v) is 14.7. The number of aryl methyl sites for hydroxylation is 1. The van der Waals surface area contributed by atoms with E-state index in [1.54, 1.807) is 37.3 Å². The zero-order chi connectivity index (χ0) is 18.0. The van der Waals surface area contributed by atoms with Gasteiger partial charge in [-0.25, -0.2) is 0 Å². The number of aliphatic carboxylic acids is 1. The molecule has 1 atom stereocenters. The highest BCUT2D eigenvalue weighted by molar-refractivity contribution is 7.16. The number of rotatable bonds is 5. The van der Waals surface area contributed by atoms with Gasteiger partial charge in [0.15, 0.2) is 0 Å². The number of carbonyl (C=O) groups is 2. The van der Waals surface area contributed by atoms with Crippen LogP contribution in [0.4, 0.5) is 5.00 Å². The molecule has 0 aliphatic heterocycles. The summed E-state index contributed by atoms with van der Waals surface area (Å²) in [6.45, 7) is 1.55. The molecule has 1 aromatic carbocycles. The molecule has 1 amide bonds. The van der Waals surface area contributed by atoms with Gasteiger partial charge >= 0.3 is 5.97 Å². The van der Waals surface area contributed by atoms with Crippen LogP contribution in [0.25, 0.3) is 0 Å². The monoisotopic (exact) mass is 354 g/mol. The van der Waals surface area contributed by atoms with Gasteiger partial charge in [0.1, 0.15) is 11.1 Å². The number of anilines is 1. The van der Waals surface area contributed by atoms with Crippen molar-refractivity contribution in [2.75, 3.05) is 5.32 Å². The van der Waals surface area contributed by atoms with Gasteiger partial charge in [0.25, 0.3) is 0 Å². The molecule has 0 saturated heterocycles. The van der Waals surface area contributed by atoms with Crippen LogP contribution in [0.15, 0.2) is 30.3 Å². The van der Waals surface area contributed by atoms with E-state index in [4.69, 9.17) is 0 Å². The fourth-order valence-electron chi connectivity index (χ4n) is 3.21. The minimum Gasteiger partial charge on any atom is -0.481 e. The second-order valence-corrected chi connectivity index (χ2v) is 7.51. The van der Waals surface area contributed by atoms with Crippen molar-refractivity contribution in [1.29, 1.82) is 5.26 Å². The smallest absolute Gasteiger partial charge is 0.314 e. The summed E-state index contributed by atoms with van der Waals surface area (Å²) in [6.07, 6.45) is 2.64. The average molecular weight is 354 g/mol. The highest BCUT2D eigenvalue weighted by Gasteiger charge is 2.38. The first-order chi connectivity index (χ1) is 12.0. The van der Waals surface area contributed by atoms with E-state index in [1.165, 1.54) is 11.3 Å². The van der Waals surface area contributed by atoms with Crippen LogP contribution in [0, 0.1) is 11.3 Å². The van der Waals surface area contributed by atoms with Gasteiger partial charge in [0.05, 0.1) is 11.0 Å². The zero-order valence-electron chi connectivity index (χ0n) is 13.8. The van der Waals surface area contributed by atoms with Gasteiger partial charge in [-0.3, -0.25) is 9.59 Å². The quantitative estimate of drug-likeness (QED) is 0.860. The number of carbonyl (C=O) groups excluding carboxylic acids is 1. The Morgan fingerprint density at radius 2 is 2.04 bits per heavy atom. The highest BCUT2D eigenvalue weighted by atomic mass is 32.1. The van der Waals surface area contributed by atoms with Gasteiger partial charge in [-0.2, -0.15) is 5.26 Å². The lowest BCUT2D eigenvalue weighted by Crippen LogP contribution is -2.36. The van der Waals surface area contributed by atoms with E-state index in [0.717, 1.165) is 29.7 Å². The summed E-state index contributed by atoms with van der Waals surface area (Å²) in [7, 11) is 0. The van der Waals surface area contributed by atoms with Crippen LogP contribution < -0.4 is 5.32 Å². The summed E-state index contributed by atoms with van der Waals surface area (Å²) in [5, 5.41) is 22.4. The molecule has 1 unspecified atom stereocenters. The maximum atomic E-state index is 12.5. The van der Waals surface area contributed by atoms with Crippen LogP contribution in [-0.4, -0.2) is 17.0 Å². The third-order valence-electron chi connectivity index (χ3n) is 4.68. The van der Waals surface area contributed by atoms with Gasteiger partial charge in [-0.1, -0.05) is 30.3 Å².